The Bertz CT molecular complexity index is 1190. The minimum Gasteiger partial charge on any atom is -0.480 e. The number of alkyl halides is 3. The Morgan fingerprint density at radius 1 is 1.03 bits per heavy atom. The number of carbonyl (C=O) groups is 2. The van der Waals surface area contributed by atoms with Gasteiger partial charge < -0.3 is 14.7 Å². The van der Waals surface area contributed by atoms with Crippen molar-refractivity contribution in [3.63, 3.8) is 0 Å². The van der Waals surface area contributed by atoms with E-state index in [0.717, 1.165) is 23.3 Å². The fourth-order valence-electron chi connectivity index (χ4n) is 3.70. The molecule has 0 aliphatic carbocycles. The lowest BCUT2D eigenvalue weighted by atomic mass is 10.0. The zero-order valence-corrected chi connectivity index (χ0v) is 19.7. The van der Waals surface area contributed by atoms with Crippen molar-refractivity contribution in [3.05, 3.63) is 65.2 Å². The zero-order valence-electron chi connectivity index (χ0n) is 18.9. The van der Waals surface area contributed by atoms with Gasteiger partial charge >= 0.3 is 18.2 Å². The standard InChI is InChI=1S/C23H22F3N5O4S/c24-23(25,26)17-5-1-15(2-6-17)13-16-3-7-18(8-4-16)35-22(34)30-11-9-19(10-12-30)36-21-27-28-29-31(21)14-20(32)33/h1-8,19H,9-14H2,(H,32,33). The SMILES string of the molecule is O=C(O)Cn1nnnc1SC1CCN(C(=O)Oc2ccc(Cc3ccc(C(F)(F)F)cc3)cc2)CC1. The van der Waals surface area contributed by atoms with Crippen LogP contribution in [0.5, 0.6) is 5.75 Å². The first-order valence-electron chi connectivity index (χ1n) is 11.0. The largest absolute Gasteiger partial charge is 0.480 e. The molecule has 1 aliphatic rings. The smallest absolute Gasteiger partial charge is 0.416 e. The summed E-state index contributed by atoms with van der Waals surface area (Å²) in [4.78, 5) is 25.1. The van der Waals surface area contributed by atoms with Crippen LogP contribution in [-0.4, -0.2) is 60.6 Å². The van der Waals surface area contributed by atoms with Crippen molar-refractivity contribution in [2.24, 2.45) is 0 Å². The van der Waals surface area contributed by atoms with Crippen molar-refractivity contribution in [1.82, 2.24) is 25.1 Å². The highest BCUT2D eigenvalue weighted by Gasteiger charge is 2.30. The van der Waals surface area contributed by atoms with Crippen LogP contribution < -0.4 is 4.74 Å². The number of benzene rings is 2. The van der Waals surface area contributed by atoms with Crippen molar-refractivity contribution in [2.45, 2.75) is 42.4 Å². The highest BCUT2D eigenvalue weighted by atomic mass is 32.2. The molecule has 9 nitrogen and oxygen atoms in total. The van der Waals surface area contributed by atoms with Crippen molar-refractivity contribution >= 4 is 23.8 Å². The first-order valence-corrected chi connectivity index (χ1v) is 11.9. The van der Waals surface area contributed by atoms with E-state index in [0.29, 0.717) is 43.3 Å². The van der Waals surface area contributed by atoms with Gasteiger partial charge in [-0.05, 0) is 65.1 Å². The van der Waals surface area contributed by atoms with E-state index >= 15 is 0 Å². The first kappa shape index (κ1) is 25.5. The maximum Gasteiger partial charge on any atom is 0.416 e. The van der Waals surface area contributed by atoms with Crippen LogP contribution in [0.1, 0.15) is 29.5 Å². The molecule has 2 heterocycles. The van der Waals surface area contributed by atoms with Crippen molar-refractivity contribution in [1.29, 1.82) is 0 Å². The molecule has 0 bridgehead atoms. The molecule has 1 aromatic heterocycles. The normalized spacial score (nSPS) is 14.6. The summed E-state index contributed by atoms with van der Waals surface area (Å²) in [6, 6.07) is 11.9. The number of nitrogens with zero attached hydrogens (tertiary/aromatic N) is 5. The van der Waals surface area contributed by atoms with E-state index in [9.17, 15) is 22.8 Å². The average Bonchev–Trinajstić information content (AvgIpc) is 3.26. The van der Waals surface area contributed by atoms with Gasteiger partial charge in [-0.1, -0.05) is 36.0 Å². The molecule has 0 saturated carbocycles. The van der Waals surface area contributed by atoms with Gasteiger partial charge in [-0.15, -0.1) is 5.10 Å². The number of hydrogen-bond acceptors (Lipinski definition) is 7. The molecule has 1 aliphatic heterocycles. The van der Waals surface area contributed by atoms with Gasteiger partial charge in [0, 0.05) is 18.3 Å². The minimum atomic E-state index is -4.36. The number of carbonyl (C=O) groups excluding carboxylic acids is 1. The van der Waals surface area contributed by atoms with Crippen LogP contribution in [0.4, 0.5) is 18.0 Å². The van der Waals surface area contributed by atoms with Gasteiger partial charge in [0.1, 0.15) is 12.3 Å². The minimum absolute atomic E-state index is 0.136. The number of rotatable bonds is 7. The van der Waals surface area contributed by atoms with E-state index < -0.39 is 23.8 Å². The number of carboxylic acids is 1. The van der Waals surface area contributed by atoms with Gasteiger partial charge in [0.25, 0.3) is 0 Å². The summed E-state index contributed by atoms with van der Waals surface area (Å²) < 4.78 is 44.8. The van der Waals surface area contributed by atoms with Crippen LogP contribution in [0.3, 0.4) is 0 Å². The fraction of sp³-hybridized carbons (Fsp3) is 0.348. The van der Waals surface area contributed by atoms with Gasteiger partial charge in [-0.25, -0.2) is 9.48 Å². The van der Waals surface area contributed by atoms with Crippen molar-refractivity contribution < 1.29 is 32.6 Å². The van der Waals surface area contributed by atoms with Gasteiger partial charge in [0.05, 0.1) is 5.56 Å². The quantitative estimate of drug-likeness (QED) is 0.494. The van der Waals surface area contributed by atoms with Crippen LogP contribution >= 0.6 is 11.8 Å². The number of amides is 1. The summed E-state index contributed by atoms with van der Waals surface area (Å²) in [5, 5.41) is 20.6. The molecule has 1 fully saturated rings. The third kappa shape index (κ3) is 6.74. The Labute approximate surface area is 208 Å². The van der Waals surface area contributed by atoms with E-state index in [4.69, 9.17) is 9.84 Å². The molecule has 2 aromatic carbocycles. The third-order valence-electron chi connectivity index (χ3n) is 5.57. The number of carboxylic acid groups (broad SMARTS) is 1. The summed E-state index contributed by atoms with van der Waals surface area (Å²) in [5.74, 6) is -0.658. The number of hydrogen-bond donors (Lipinski definition) is 1. The summed E-state index contributed by atoms with van der Waals surface area (Å²) in [7, 11) is 0. The number of thioether (sulfide) groups is 1. The van der Waals surface area contributed by atoms with Crippen molar-refractivity contribution in [2.75, 3.05) is 13.1 Å². The molecule has 13 heteroatoms. The molecule has 0 radical (unpaired) electrons. The lowest BCUT2D eigenvalue weighted by Crippen LogP contribution is -2.41. The Balaban J connectivity index is 1.25. The van der Waals surface area contributed by atoms with Crippen molar-refractivity contribution in [3.8, 4) is 5.75 Å². The van der Waals surface area contributed by atoms with Crippen LogP contribution in [0, 0.1) is 0 Å². The molecule has 1 amide bonds. The molecule has 0 unspecified atom stereocenters. The number of halogens is 3. The lowest BCUT2D eigenvalue weighted by molar-refractivity contribution is -0.138. The molecule has 0 spiro atoms. The molecular weight excluding hydrogens is 499 g/mol. The number of aromatic nitrogens is 4. The van der Waals surface area contributed by atoms with Gasteiger partial charge in [0.2, 0.25) is 5.16 Å². The Kier molecular flexibility index (Phi) is 7.77. The molecular formula is C23H22F3N5O4S. The molecule has 36 heavy (non-hydrogen) atoms. The predicted molar refractivity (Wildman–Crippen MR) is 123 cm³/mol. The fourth-order valence-corrected chi connectivity index (χ4v) is 4.75. The molecule has 190 valence electrons. The Morgan fingerprint density at radius 2 is 1.64 bits per heavy atom. The van der Waals surface area contributed by atoms with E-state index in [2.05, 4.69) is 15.5 Å². The molecule has 3 aromatic rings. The Hall–Kier alpha value is -3.61. The molecule has 0 atom stereocenters. The van der Waals surface area contributed by atoms with Crippen LogP contribution in [0.25, 0.3) is 0 Å². The number of piperidine rings is 1. The second kappa shape index (κ2) is 11.0. The number of likely N-dealkylation sites (tertiary alicyclic amines) is 1. The number of tetrazole rings is 1. The van der Waals surface area contributed by atoms with E-state index in [1.807, 2.05) is 0 Å². The maximum absolute atomic E-state index is 12.7. The van der Waals surface area contributed by atoms with E-state index in [1.165, 1.54) is 28.6 Å². The second-order valence-electron chi connectivity index (χ2n) is 8.20. The lowest BCUT2D eigenvalue weighted by Gasteiger charge is -2.30. The van der Waals surface area contributed by atoms with Gasteiger partial charge in [-0.3, -0.25) is 4.79 Å². The number of aliphatic carboxylic acids is 1. The topological polar surface area (TPSA) is 110 Å². The average molecular weight is 522 g/mol. The summed E-state index contributed by atoms with van der Waals surface area (Å²) in [5.41, 5.74) is 0.928. The molecule has 1 N–H and O–H groups in total. The first-order chi connectivity index (χ1) is 17.2. The highest BCUT2D eigenvalue weighted by Crippen LogP contribution is 2.30. The molecule has 1 saturated heterocycles. The van der Waals surface area contributed by atoms with E-state index in [-0.39, 0.29) is 11.8 Å². The highest BCUT2D eigenvalue weighted by molar-refractivity contribution is 7.99. The predicted octanol–water partition coefficient (Wildman–Crippen LogP) is 4.12. The monoisotopic (exact) mass is 521 g/mol. The van der Waals surface area contributed by atoms with Crippen LogP contribution in [0.2, 0.25) is 0 Å². The number of ether oxygens (including phenoxy) is 1. The third-order valence-corrected chi connectivity index (χ3v) is 6.88. The Morgan fingerprint density at radius 3 is 2.22 bits per heavy atom. The van der Waals surface area contributed by atoms with E-state index in [1.54, 1.807) is 29.2 Å². The van der Waals surface area contributed by atoms with Crippen LogP contribution in [0.15, 0.2) is 53.7 Å². The maximum atomic E-state index is 12.7. The summed E-state index contributed by atoms with van der Waals surface area (Å²) in [6.45, 7) is 0.635. The van der Waals surface area contributed by atoms with Gasteiger partial charge in [-0.2, -0.15) is 13.2 Å². The zero-order chi connectivity index (χ0) is 25.7. The second-order valence-corrected chi connectivity index (χ2v) is 9.47. The van der Waals surface area contributed by atoms with Crippen LogP contribution in [-0.2, 0) is 23.9 Å². The summed E-state index contributed by atoms with van der Waals surface area (Å²) in [6.07, 6.45) is -3.03. The summed E-state index contributed by atoms with van der Waals surface area (Å²) >= 11 is 1.39. The molecule has 4 rings (SSSR count). The van der Waals surface area contributed by atoms with Gasteiger partial charge in [0.15, 0.2) is 0 Å².